The van der Waals surface area contributed by atoms with E-state index in [1.54, 1.807) is 6.08 Å². The van der Waals surface area contributed by atoms with E-state index in [0.29, 0.717) is 24.5 Å². The van der Waals surface area contributed by atoms with Gasteiger partial charge in [0.05, 0.1) is 6.04 Å². The topological polar surface area (TPSA) is 21.3 Å². The van der Waals surface area contributed by atoms with Gasteiger partial charge in [-0.1, -0.05) is 48.5 Å². The maximum atomic E-state index is 6.05. The standard InChI is InChI=1S/C21H20ClNO/c1-2-12-24-16-10-11-20-19(13-16)17-4-3-5-18(17)21(23-20)14-6-8-15(22)9-7-14/h2-4,6-11,13,17-18,21,23H,1,5,12H2. The maximum absolute atomic E-state index is 6.05. The van der Waals surface area contributed by atoms with Gasteiger partial charge < -0.3 is 10.1 Å². The van der Waals surface area contributed by atoms with Crippen molar-refractivity contribution in [2.45, 2.75) is 18.4 Å². The second-order valence-corrected chi connectivity index (χ2v) is 6.81. The van der Waals surface area contributed by atoms with Crippen molar-refractivity contribution in [3.63, 3.8) is 0 Å². The van der Waals surface area contributed by atoms with E-state index >= 15 is 0 Å². The number of ether oxygens (including phenoxy) is 1. The Morgan fingerprint density at radius 3 is 2.83 bits per heavy atom. The third kappa shape index (κ3) is 2.71. The lowest BCUT2D eigenvalue weighted by Gasteiger charge is -2.37. The van der Waals surface area contributed by atoms with Crippen LogP contribution in [-0.4, -0.2) is 6.61 Å². The fraction of sp³-hybridized carbons (Fsp3) is 0.238. The Bertz CT molecular complexity index is 781. The number of hydrogen-bond donors (Lipinski definition) is 1. The van der Waals surface area contributed by atoms with Crippen molar-refractivity contribution in [2.75, 3.05) is 11.9 Å². The van der Waals surface area contributed by atoms with Crippen molar-refractivity contribution in [3.8, 4) is 5.75 Å². The van der Waals surface area contributed by atoms with Crippen LogP contribution in [0.1, 0.15) is 29.5 Å². The number of rotatable bonds is 4. The minimum atomic E-state index is 0.301. The van der Waals surface area contributed by atoms with Crippen molar-refractivity contribution in [2.24, 2.45) is 5.92 Å². The SMILES string of the molecule is C=CCOc1ccc2c(c1)C1C=CCC1C(c1ccc(Cl)cc1)N2. The lowest BCUT2D eigenvalue weighted by molar-refractivity contribution is 0.361. The summed E-state index contributed by atoms with van der Waals surface area (Å²) in [6, 6.07) is 14.8. The predicted molar refractivity (Wildman–Crippen MR) is 99.9 cm³/mol. The molecule has 2 nitrogen and oxygen atoms in total. The van der Waals surface area contributed by atoms with E-state index in [4.69, 9.17) is 16.3 Å². The van der Waals surface area contributed by atoms with E-state index in [1.807, 2.05) is 18.2 Å². The van der Waals surface area contributed by atoms with Crippen LogP contribution >= 0.6 is 11.6 Å². The second-order valence-electron chi connectivity index (χ2n) is 6.38. The van der Waals surface area contributed by atoms with Crippen LogP contribution in [0, 0.1) is 5.92 Å². The van der Waals surface area contributed by atoms with Gasteiger partial charge in [0.2, 0.25) is 0 Å². The maximum Gasteiger partial charge on any atom is 0.120 e. The van der Waals surface area contributed by atoms with Crippen LogP contribution in [0.25, 0.3) is 0 Å². The Morgan fingerprint density at radius 2 is 2.04 bits per heavy atom. The van der Waals surface area contributed by atoms with Gasteiger partial charge in [-0.25, -0.2) is 0 Å². The Morgan fingerprint density at radius 1 is 1.21 bits per heavy atom. The molecular weight excluding hydrogens is 318 g/mol. The molecule has 0 amide bonds. The summed E-state index contributed by atoms with van der Waals surface area (Å²) in [5, 5.41) is 4.51. The number of halogens is 1. The third-order valence-corrected chi connectivity index (χ3v) is 5.18. The summed E-state index contributed by atoms with van der Waals surface area (Å²) in [6.45, 7) is 4.24. The van der Waals surface area contributed by atoms with Gasteiger partial charge in [-0.15, -0.1) is 0 Å². The van der Waals surface area contributed by atoms with Crippen LogP contribution in [0.15, 0.2) is 67.3 Å². The van der Waals surface area contributed by atoms with Crippen LogP contribution < -0.4 is 10.1 Å². The highest BCUT2D eigenvalue weighted by atomic mass is 35.5. The Labute approximate surface area is 147 Å². The predicted octanol–water partition coefficient (Wildman–Crippen LogP) is 5.73. The van der Waals surface area contributed by atoms with Gasteiger partial charge >= 0.3 is 0 Å². The molecule has 0 radical (unpaired) electrons. The Kier molecular flexibility index (Phi) is 4.07. The van der Waals surface area contributed by atoms with Gasteiger partial charge in [-0.05, 0) is 53.8 Å². The molecule has 0 bridgehead atoms. The number of nitrogens with one attached hydrogen (secondary N) is 1. The number of fused-ring (bicyclic) bond motifs is 3. The van der Waals surface area contributed by atoms with Crippen molar-refractivity contribution in [1.82, 2.24) is 0 Å². The van der Waals surface area contributed by atoms with Crippen LogP contribution in [0.4, 0.5) is 5.69 Å². The molecule has 3 heteroatoms. The molecule has 2 aliphatic rings. The van der Waals surface area contributed by atoms with Crippen LogP contribution in [-0.2, 0) is 0 Å². The Hall–Kier alpha value is -2.19. The summed E-state index contributed by atoms with van der Waals surface area (Å²) >= 11 is 6.05. The van der Waals surface area contributed by atoms with Gasteiger partial charge in [0.15, 0.2) is 0 Å². The minimum absolute atomic E-state index is 0.301. The van der Waals surface area contributed by atoms with Crippen LogP contribution in [0.2, 0.25) is 5.02 Å². The van der Waals surface area contributed by atoms with Crippen LogP contribution in [0.5, 0.6) is 5.75 Å². The van der Waals surface area contributed by atoms with Crippen molar-refractivity contribution in [3.05, 3.63) is 83.4 Å². The summed E-state index contributed by atoms with van der Waals surface area (Å²) < 4.78 is 5.71. The summed E-state index contributed by atoms with van der Waals surface area (Å²) in [4.78, 5) is 0. The fourth-order valence-corrected chi connectivity index (χ4v) is 3.94. The van der Waals surface area contributed by atoms with Gasteiger partial charge in [0, 0.05) is 16.6 Å². The zero-order valence-electron chi connectivity index (χ0n) is 13.4. The van der Waals surface area contributed by atoms with E-state index < -0.39 is 0 Å². The molecule has 1 heterocycles. The molecule has 0 aromatic heterocycles. The van der Waals surface area contributed by atoms with E-state index in [1.165, 1.54) is 16.8 Å². The highest BCUT2D eigenvalue weighted by Crippen LogP contribution is 2.50. The Balaban J connectivity index is 1.69. The first-order valence-electron chi connectivity index (χ1n) is 8.32. The highest BCUT2D eigenvalue weighted by molar-refractivity contribution is 6.30. The second kappa shape index (κ2) is 6.37. The molecule has 0 saturated carbocycles. The largest absolute Gasteiger partial charge is 0.490 e. The summed E-state index contributed by atoms with van der Waals surface area (Å²) in [7, 11) is 0. The zero-order chi connectivity index (χ0) is 16.5. The molecule has 0 saturated heterocycles. The molecule has 4 rings (SSSR count). The summed E-state index contributed by atoms with van der Waals surface area (Å²) in [6.07, 6.45) is 7.49. The first kappa shape index (κ1) is 15.3. The molecule has 122 valence electrons. The molecule has 0 fully saturated rings. The van der Waals surface area contributed by atoms with Crippen molar-refractivity contribution in [1.29, 1.82) is 0 Å². The molecule has 24 heavy (non-hydrogen) atoms. The number of allylic oxidation sites excluding steroid dienone is 2. The first-order valence-corrected chi connectivity index (χ1v) is 8.70. The third-order valence-electron chi connectivity index (χ3n) is 4.93. The highest BCUT2D eigenvalue weighted by Gasteiger charge is 2.37. The number of anilines is 1. The molecule has 2 aromatic carbocycles. The van der Waals surface area contributed by atoms with Gasteiger partial charge in [0.1, 0.15) is 12.4 Å². The first-order chi connectivity index (χ1) is 11.8. The lowest BCUT2D eigenvalue weighted by atomic mass is 9.77. The molecule has 1 aliphatic carbocycles. The minimum Gasteiger partial charge on any atom is -0.490 e. The number of hydrogen-bond acceptors (Lipinski definition) is 2. The van der Waals surface area contributed by atoms with Crippen molar-refractivity contribution >= 4 is 17.3 Å². The van der Waals surface area contributed by atoms with E-state index in [9.17, 15) is 0 Å². The molecule has 1 N–H and O–H groups in total. The molecule has 2 aromatic rings. The quantitative estimate of drug-likeness (QED) is 0.719. The molecule has 3 unspecified atom stereocenters. The van der Waals surface area contributed by atoms with E-state index in [2.05, 4.69) is 48.3 Å². The van der Waals surface area contributed by atoms with Gasteiger partial charge in [-0.2, -0.15) is 0 Å². The molecular formula is C21H20ClNO. The molecule has 0 spiro atoms. The molecule has 1 aliphatic heterocycles. The zero-order valence-corrected chi connectivity index (χ0v) is 14.2. The number of benzene rings is 2. The smallest absolute Gasteiger partial charge is 0.120 e. The fourth-order valence-electron chi connectivity index (χ4n) is 3.82. The van der Waals surface area contributed by atoms with E-state index in [0.717, 1.165) is 17.2 Å². The average molecular weight is 338 g/mol. The molecule has 3 atom stereocenters. The summed E-state index contributed by atoms with van der Waals surface area (Å²) in [5.41, 5.74) is 3.80. The van der Waals surface area contributed by atoms with Gasteiger partial charge in [0.25, 0.3) is 0 Å². The summed E-state index contributed by atoms with van der Waals surface area (Å²) in [5.74, 6) is 1.85. The average Bonchev–Trinajstić information content (AvgIpc) is 3.10. The van der Waals surface area contributed by atoms with E-state index in [-0.39, 0.29) is 0 Å². The monoisotopic (exact) mass is 337 g/mol. The van der Waals surface area contributed by atoms with Crippen molar-refractivity contribution < 1.29 is 4.74 Å². The van der Waals surface area contributed by atoms with Gasteiger partial charge in [-0.3, -0.25) is 0 Å². The van der Waals surface area contributed by atoms with Crippen LogP contribution in [0.3, 0.4) is 0 Å². The normalized spacial score (nSPS) is 24.0. The lowest BCUT2D eigenvalue weighted by Crippen LogP contribution is -2.29.